The van der Waals surface area contributed by atoms with Crippen LogP contribution in [0.4, 0.5) is 4.39 Å². The van der Waals surface area contributed by atoms with Crippen LogP contribution in [0, 0.1) is 16.6 Å². The topological polar surface area (TPSA) is 40.6 Å². The van der Waals surface area contributed by atoms with Gasteiger partial charge in [0.25, 0.3) is 0 Å². The van der Waals surface area contributed by atoms with Crippen LogP contribution in [0.2, 0.25) is 0 Å². The highest BCUT2D eigenvalue weighted by molar-refractivity contribution is 5.87. The maximum atomic E-state index is 13.3. The molecule has 0 saturated carbocycles. The predicted octanol–water partition coefficient (Wildman–Crippen LogP) is 4.39. The molecule has 160 valence electrons. The molecule has 2 aromatic carbocycles. The normalized spacial score (nSPS) is 19.1. The Hall–Kier alpha value is -2.69. The van der Waals surface area contributed by atoms with Gasteiger partial charge in [-0.1, -0.05) is 57.2 Å². The number of rotatable bonds is 4. The number of halogens is 1. The summed E-state index contributed by atoms with van der Waals surface area (Å²) in [7, 11) is 3.54. The van der Waals surface area contributed by atoms with Crippen LogP contribution in [0.25, 0.3) is 11.1 Å². The van der Waals surface area contributed by atoms with Crippen LogP contribution in [0.1, 0.15) is 32.8 Å². The smallest absolute Gasteiger partial charge is 0.230 e. The van der Waals surface area contributed by atoms with Crippen molar-refractivity contribution in [2.75, 3.05) is 27.2 Å². The van der Waals surface area contributed by atoms with Gasteiger partial charge in [-0.15, -0.1) is 0 Å². The number of benzene rings is 2. The van der Waals surface area contributed by atoms with Crippen molar-refractivity contribution in [3.8, 4) is 11.1 Å². The van der Waals surface area contributed by atoms with Crippen molar-refractivity contribution in [3.63, 3.8) is 0 Å². The van der Waals surface area contributed by atoms with E-state index in [1.54, 1.807) is 31.1 Å². The van der Waals surface area contributed by atoms with E-state index in [9.17, 15) is 14.0 Å². The van der Waals surface area contributed by atoms with Gasteiger partial charge in [0.05, 0.1) is 5.41 Å². The van der Waals surface area contributed by atoms with Crippen molar-refractivity contribution in [2.45, 2.75) is 33.6 Å². The van der Waals surface area contributed by atoms with Crippen molar-refractivity contribution in [1.82, 2.24) is 9.80 Å². The minimum absolute atomic E-state index is 0.0545. The molecular formula is C25H31FN2O2. The van der Waals surface area contributed by atoms with Gasteiger partial charge in [0, 0.05) is 32.6 Å². The van der Waals surface area contributed by atoms with E-state index < -0.39 is 10.8 Å². The number of amides is 2. The molecule has 2 aromatic rings. The second-order valence-electron chi connectivity index (χ2n) is 9.59. The Morgan fingerprint density at radius 2 is 1.73 bits per heavy atom. The van der Waals surface area contributed by atoms with E-state index in [0.29, 0.717) is 25.9 Å². The van der Waals surface area contributed by atoms with Crippen molar-refractivity contribution in [3.05, 3.63) is 59.9 Å². The fourth-order valence-electron chi connectivity index (χ4n) is 4.28. The van der Waals surface area contributed by atoms with Crippen LogP contribution in [0.3, 0.4) is 0 Å². The molecule has 30 heavy (non-hydrogen) atoms. The lowest BCUT2D eigenvalue weighted by Crippen LogP contribution is -2.46. The van der Waals surface area contributed by atoms with Crippen LogP contribution < -0.4 is 0 Å². The molecule has 2 amide bonds. The molecule has 1 aliphatic heterocycles. The average molecular weight is 411 g/mol. The number of hydrogen-bond donors (Lipinski definition) is 0. The first kappa shape index (κ1) is 22.0. The largest absolute Gasteiger partial charge is 0.348 e. The van der Waals surface area contributed by atoms with E-state index in [1.165, 1.54) is 12.1 Å². The molecule has 1 heterocycles. The van der Waals surface area contributed by atoms with E-state index in [-0.39, 0.29) is 17.6 Å². The summed E-state index contributed by atoms with van der Waals surface area (Å²) in [6.45, 7) is 6.76. The molecule has 1 fully saturated rings. The highest BCUT2D eigenvalue weighted by Gasteiger charge is 2.48. The second-order valence-corrected chi connectivity index (χ2v) is 9.59. The second kappa shape index (κ2) is 8.21. The maximum Gasteiger partial charge on any atom is 0.230 e. The Morgan fingerprint density at radius 3 is 2.33 bits per heavy atom. The molecule has 1 saturated heterocycles. The summed E-state index contributed by atoms with van der Waals surface area (Å²) in [5.74, 6) is -0.130. The SMILES string of the molecule is CN(C)C(=O)C1(Cc2cccc(-c3ccc(F)cc3)c2)CCN(C(=O)C(C)(C)C)C1. The highest BCUT2D eigenvalue weighted by atomic mass is 19.1. The number of carbonyl (C=O) groups is 2. The molecule has 0 spiro atoms. The van der Waals surface area contributed by atoms with Gasteiger partial charge in [-0.2, -0.15) is 0 Å². The van der Waals surface area contributed by atoms with Crippen LogP contribution in [-0.2, 0) is 16.0 Å². The average Bonchev–Trinajstić information content (AvgIpc) is 3.11. The third-order valence-corrected chi connectivity index (χ3v) is 5.79. The van der Waals surface area contributed by atoms with Gasteiger partial charge in [-0.25, -0.2) is 4.39 Å². The lowest BCUT2D eigenvalue weighted by Gasteiger charge is -2.32. The first-order chi connectivity index (χ1) is 14.0. The Kier molecular flexibility index (Phi) is 6.02. The summed E-state index contributed by atoms with van der Waals surface area (Å²) in [6.07, 6.45) is 1.21. The molecule has 5 heteroatoms. The van der Waals surface area contributed by atoms with E-state index in [0.717, 1.165) is 16.7 Å². The summed E-state index contributed by atoms with van der Waals surface area (Å²) in [6, 6.07) is 14.5. The standard InChI is InChI=1S/C25H31FN2O2/c1-24(2,3)22(29)28-14-13-25(17-28,23(30)27(4)5)16-18-7-6-8-20(15-18)19-9-11-21(26)12-10-19/h6-12,15H,13-14,16-17H2,1-5H3. The van der Waals surface area contributed by atoms with E-state index in [2.05, 4.69) is 6.07 Å². The summed E-state index contributed by atoms with van der Waals surface area (Å²) in [5.41, 5.74) is 1.85. The van der Waals surface area contributed by atoms with Crippen LogP contribution in [0.5, 0.6) is 0 Å². The number of nitrogens with zero attached hydrogens (tertiary/aromatic N) is 2. The molecular weight excluding hydrogens is 379 g/mol. The fourth-order valence-corrected chi connectivity index (χ4v) is 4.28. The van der Waals surface area contributed by atoms with Gasteiger partial charge in [0.1, 0.15) is 5.82 Å². The van der Waals surface area contributed by atoms with Crippen molar-refractivity contribution in [2.24, 2.45) is 10.8 Å². The zero-order valence-electron chi connectivity index (χ0n) is 18.5. The van der Waals surface area contributed by atoms with Crippen molar-refractivity contribution in [1.29, 1.82) is 0 Å². The molecule has 1 atom stereocenters. The van der Waals surface area contributed by atoms with Crippen LogP contribution >= 0.6 is 0 Å². The molecule has 1 unspecified atom stereocenters. The van der Waals surface area contributed by atoms with Gasteiger partial charge in [0.15, 0.2) is 0 Å². The first-order valence-electron chi connectivity index (χ1n) is 10.4. The van der Waals surface area contributed by atoms with Crippen molar-refractivity contribution >= 4 is 11.8 Å². The zero-order valence-corrected chi connectivity index (χ0v) is 18.5. The molecule has 4 nitrogen and oxygen atoms in total. The summed E-state index contributed by atoms with van der Waals surface area (Å²) < 4.78 is 13.3. The lowest BCUT2D eigenvalue weighted by molar-refractivity contribution is -0.142. The van der Waals surface area contributed by atoms with E-state index >= 15 is 0 Å². The number of carbonyl (C=O) groups excluding carboxylic acids is 2. The van der Waals surface area contributed by atoms with Crippen molar-refractivity contribution < 1.29 is 14.0 Å². The zero-order chi connectivity index (χ0) is 22.1. The molecule has 0 aliphatic carbocycles. The Balaban J connectivity index is 1.90. The molecule has 0 aromatic heterocycles. The van der Waals surface area contributed by atoms with Crippen LogP contribution in [-0.4, -0.2) is 48.8 Å². The third kappa shape index (κ3) is 4.55. The summed E-state index contributed by atoms with van der Waals surface area (Å²) in [4.78, 5) is 29.5. The summed E-state index contributed by atoms with van der Waals surface area (Å²) in [5, 5.41) is 0. The monoisotopic (exact) mass is 410 g/mol. The third-order valence-electron chi connectivity index (χ3n) is 5.79. The molecule has 3 rings (SSSR count). The Morgan fingerprint density at radius 1 is 1.07 bits per heavy atom. The lowest BCUT2D eigenvalue weighted by atomic mass is 9.79. The van der Waals surface area contributed by atoms with E-state index in [1.807, 2.05) is 43.9 Å². The molecule has 0 N–H and O–H groups in total. The molecule has 0 bridgehead atoms. The van der Waals surface area contributed by atoms with Gasteiger partial charge in [0.2, 0.25) is 11.8 Å². The highest BCUT2D eigenvalue weighted by Crippen LogP contribution is 2.38. The fraction of sp³-hybridized carbons (Fsp3) is 0.440. The number of likely N-dealkylation sites (tertiary alicyclic amines) is 1. The van der Waals surface area contributed by atoms with Gasteiger partial charge >= 0.3 is 0 Å². The van der Waals surface area contributed by atoms with Gasteiger partial charge < -0.3 is 9.80 Å². The Bertz CT molecular complexity index is 931. The summed E-state index contributed by atoms with van der Waals surface area (Å²) >= 11 is 0. The first-order valence-corrected chi connectivity index (χ1v) is 10.4. The quantitative estimate of drug-likeness (QED) is 0.750. The minimum atomic E-state index is -0.633. The number of hydrogen-bond acceptors (Lipinski definition) is 2. The molecule has 1 aliphatic rings. The molecule has 0 radical (unpaired) electrons. The van der Waals surface area contributed by atoms with Gasteiger partial charge in [-0.05, 0) is 41.7 Å². The Labute approximate surface area is 178 Å². The predicted molar refractivity (Wildman–Crippen MR) is 117 cm³/mol. The van der Waals surface area contributed by atoms with Crippen LogP contribution in [0.15, 0.2) is 48.5 Å². The van der Waals surface area contributed by atoms with E-state index in [4.69, 9.17) is 0 Å². The van der Waals surface area contributed by atoms with Gasteiger partial charge in [-0.3, -0.25) is 9.59 Å². The maximum absolute atomic E-state index is 13.3. The minimum Gasteiger partial charge on any atom is -0.348 e.